The molecule has 1 aromatic carbocycles. The third-order valence-corrected chi connectivity index (χ3v) is 5.80. The molecule has 5 rings (SSSR count). The third-order valence-electron chi connectivity index (χ3n) is 5.80. The molecule has 3 N–H and O–H groups in total. The lowest BCUT2D eigenvalue weighted by Crippen LogP contribution is -2.17. The van der Waals surface area contributed by atoms with Crippen molar-refractivity contribution < 1.29 is 27.9 Å². The second-order valence-electron chi connectivity index (χ2n) is 8.17. The molecule has 13 heteroatoms. The van der Waals surface area contributed by atoms with E-state index in [9.17, 15) is 18.0 Å². The highest BCUT2D eigenvalue weighted by Crippen LogP contribution is 2.38. The van der Waals surface area contributed by atoms with Crippen LogP contribution >= 0.6 is 0 Å². The summed E-state index contributed by atoms with van der Waals surface area (Å²) in [4.78, 5) is 37.8. The number of carbonyl (C=O) groups is 2. The molecule has 1 amide bonds. The Morgan fingerprint density at radius 2 is 1.95 bits per heavy atom. The number of anilines is 2. The van der Waals surface area contributed by atoms with Crippen LogP contribution in [0.15, 0.2) is 53.8 Å². The number of benzene rings is 1. The van der Waals surface area contributed by atoms with Crippen LogP contribution in [-0.4, -0.2) is 50.6 Å². The Labute approximate surface area is 214 Å². The Bertz CT molecular complexity index is 1550. The third kappa shape index (κ3) is 5.31. The molecule has 196 valence electrons. The van der Waals surface area contributed by atoms with E-state index < -0.39 is 17.6 Å². The summed E-state index contributed by atoms with van der Waals surface area (Å²) in [6, 6.07) is 8.81. The number of hydrogen-bond acceptors (Lipinski definition) is 7. The van der Waals surface area contributed by atoms with Crippen LogP contribution in [0.25, 0.3) is 22.5 Å². The van der Waals surface area contributed by atoms with Crippen molar-refractivity contribution in [1.82, 2.24) is 19.5 Å². The molecule has 0 saturated heterocycles. The molecule has 0 saturated carbocycles. The van der Waals surface area contributed by atoms with Crippen LogP contribution < -0.4 is 16.3 Å². The van der Waals surface area contributed by atoms with E-state index in [0.717, 1.165) is 65.3 Å². The minimum Gasteiger partial charge on any atom is -0.483 e. The van der Waals surface area contributed by atoms with E-state index in [1.807, 2.05) is 19.1 Å². The highest BCUT2D eigenvalue weighted by molar-refractivity contribution is 6.04. The van der Waals surface area contributed by atoms with E-state index in [1.54, 1.807) is 25.4 Å². The van der Waals surface area contributed by atoms with Gasteiger partial charge < -0.3 is 20.3 Å². The number of amides is 1. The molecular weight excluding hydrogens is 503 g/mol. The first-order valence-electron chi connectivity index (χ1n) is 11.3. The van der Waals surface area contributed by atoms with Gasteiger partial charge in [-0.15, -0.1) is 0 Å². The molecular formula is C25H22F3N7O3. The summed E-state index contributed by atoms with van der Waals surface area (Å²) < 4.78 is 41.0. The van der Waals surface area contributed by atoms with Gasteiger partial charge in [0.25, 0.3) is 12.4 Å². The summed E-state index contributed by atoms with van der Waals surface area (Å²) in [5.74, 6) is 0.975. The topological polar surface area (TPSA) is 134 Å². The molecule has 1 aromatic heterocycles. The van der Waals surface area contributed by atoms with Crippen molar-refractivity contribution >= 4 is 24.0 Å². The zero-order chi connectivity index (χ0) is 27.4. The Morgan fingerprint density at radius 3 is 2.63 bits per heavy atom. The van der Waals surface area contributed by atoms with E-state index in [2.05, 4.69) is 35.1 Å². The highest BCUT2D eigenvalue weighted by atomic mass is 19.4. The van der Waals surface area contributed by atoms with Gasteiger partial charge in [-0.3, -0.25) is 14.6 Å². The van der Waals surface area contributed by atoms with E-state index in [0.29, 0.717) is 11.2 Å². The van der Waals surface area contributed by atoms with Crippen molar-refractivity contribution in [3.8, 4) is 22.5 Å². The molecule has 10 nitrogen and oxygen atoms in total. The second-order valence-corrected chi connectivity index (χ2v) is 8.17. The summed E-state index contributed by atoms with van der Waals surface area (Å²) in [6.45, 7) is 3.11. The fraction of sp³-hybridized carbons (Fsp3) is 0.200. The predicted molar refractivity (Wildman–Crippen MR) is 133 cm³/mol. The van der Waals surface area contributed by atoms with Gasteiger partial charge in [-0.05, 0) is 48.4 Å². The number of hydrogen-bond donors (Lipinski definition) is 3. The molecule has 0 fully saturated rings. The zero-order valence-electron chi connectivity index (χ0n) is 20.2. The quantitative estimate of drug-likeness (QED) is 0.348. The molecule has 3 aliphatic heterocycles. The van der Waals surface area contributed by atoms with E-state index in [1.165, 1.54) is 0 Å². The molecule has 2 aromatic rings. The Balaban J connectivity index is 0.00000107. The Morgan fingerprint density at radius 1 is 1.18 bits per heavy atom. The number of nitrogens with one attached hydrogen (secondary N) is 2. The van der Waals surface area contributed by atoms with Gasteiger partial charge in [0.2, 0.25) is 5.62 Å². The van der Waals surface area contributed by atoms with Crippen molar-refractivity contribution in [1.29, 1.82) is 0 Å². The van der Waals surface area contributed by atoms with Gasteiger partial charge >= 0.3 is 6.18 Å². The van der Waals surface area contributed by atoms with Gasteiger partial charge in [0, 0.05) is 49.2 Å². The van der Waals surface area contributed by atoms with Crippen LogP contribution in [0, 0.1) is 6.92 Å². The molecule has 0 unspecified atom stereocenters. The summed E-state index contributed by atoms with van der Waals surface area (Å²) in [7, 11) is 1.64. The van der Waals surface area contributed by atoms with Crippen molar-refractivity contribution in [2.75, 3.05) is 24.2 Å². The first-order valence-corrected chi connectivity index (χ1v) is 11.3. The number of alkyl halides is 3. The van der Waals surface area contributed by atoms with E-state index in [4.69, 9.17) is 9.90 Å². The lowest BCUT2D eigenvalue weighted by atomic mass is 9.97. The van der Waals surface area contributed by atoms with Gasteiger partial charge in [-0.2, -0.15) is 18.2 Å². The van der Waals surface area contributed by atoms with Crippen LogP contribution in [0.1, 0.15) is 21.5 Å². The van der Waals surface area contributed by atoms with Gasteiger partial charge in [0.05, 0.1) is 5.56 Å². The average Bonchev–Trinajstić information content (AvgIpc) is 3.39. The average molecular weight is 525 g/mol. The van der Waals surface area contributed by atoms with Crippen LogP contribution in [0.2, 0.25) is 0 Å². The highest BCUT2D eigenvalue weighted by Gasteiger charge is 2.31. The Hall–Kier alpha value is -4.81. The van der Waals surface area contributed by atoms with Gasteiger partial charge in [0.1, 0.15) is 17.5 Å². The van der Waals surface area contributed by atoms with Crippen molar-refractivity contribution in [2.24, 2.45) is 4.99 Å². The van der Waals surface area contributed by atoms with Crippen LogP contribution in [-0.2, 0) is 17.5 Å². The number of fused-ring (bicyclic) bond motifs is 3. The maximum absolute atomic E-state index is 13.0. The van der Waals surface area contributed by atoms with E-state index >= 15 is 0 Å². The normalized spacial score (nSPS) is 12.8. The molecule has 38 heavy (non-hydrogen) atoms. The number of carbonyl (C=O) groups excluding carboxylic acids is 1. The zero-order valence-corrected chi connectivity index (χ0v) is 20.2. The number of pyridine rings is 2. The van der Waals surface area contributed by atoms with Crippen molar-refractivity contribution in [2.45, 2.75) is 19.6 Å². The van der Waals surface area contributed by atoms with Crippen LogP contribution in [0.5, 0.6) is 0 Å². The summed E-state index contributed by atoms with van der Waals surface area (Å²) >= 11 is 0. The van der Waals surface area contributed by atoms with Crippen LogP contribution in [0.3, 0.4) is 0 Å². The molecule has 0 bridgehead atoms. The molecule has 0 spiro atoms. The maximum Gasteiger partial charge on any atom is 0.416 e. The lowest BCUT2D eigenvalue weighted by Gasteiger charge is -2.18. The molecule has 4 heterocycles. The first-order chi connectivity index (χ1) is 18.2. The van der Waals surface area contributed by atoms with Crippen molar-refractivity contribution in [3.05, 3.63) is 71.1 Å². The predicted octanol–water partition coefficient (Wildman–Crippen LogP) is 3.68. The fourth-order valence-electron chi connectivity index (χ4n) is 4.14. The number of halogens is 3. The minimum absolute atomic E-state index is 0.169. The van der Waals surface area contributed by atoms with Crippen LogP contribution in [0.4, 0.5) is 24.8 Å². The number of aryl methyl sites for hydroxylation is 1. The summed E-state index contributed by atoms with van der Waals surface area (Å²) in [6.07, 6.45) is -1.78. The molecule has 0 radical (unpaired) electrons. The lowest BCUT2D eigenvalue weighted by molar-refractivity contribution is -0.137. The fourth-order valence-corrected chi connectivity index (χ4v) is 4.14. The number of nitrogens with zero attached hydrogens (tertiary/aromatic N) is 5. The Kier molecular flexibility index (Phi) is 7.37. The monoisotopic (exact) mass is 525 g/mol. The smallest absolute Gasteiger partial charge is 0.416 e. The standard InChI is InChI=1S/C24H20F3N7O.CH2O2/c1-13-9-14(22(35)32-19-11-16(5-6-29-19)24(25,26)27)3-4-17(13)18-10-15-12-31-23(28-2)33-20(15)34-8-7-30-21(18)34;2-1-3/h3-6,9-12,30H,7-8H2,1-2H3,(H,29,32,35);1H,(H,2,3). The summed E-state index contributed by atoms with van der Waals surface area (Å²) in [5, 5.41) is 12.7. The first kappa shape index (κ1) is 26.3. The van der Waals surface area contributed by atoms with Crippen molar-refractivity contribution in [3.63, 3.8) is 0 Å². The molecule has 3 aliphatic rings. The number of aromatic nitrogens is 4. The summed E-state index contributed by atoms with van der Waals surface area (Å²) in [5.41, 5.74) is 3.36. The molecule has 0 atom stereocenters. The minimum atomic E-state index is -4.52. The second kappa shape index (κ2) is 10.7. The maximum atomic E-state index is 13.0. The number of rotatable bonds is 3. The largest absolute Gasteiger partial charge is 0.483 e. The van der Waals surface area contributed by atoms with Gasteiger partial charge in [0.15, 0.2) is 0 Å². The molecule has 0 aliphatic carbocycles. The van der Waals surface area contributed by atoms with Gasteiger partial charge in [-0.1, -0.05) is 6.07 Å². The van der Waals surface area contributed by atoms with E-state index in [-0.39, 0.29) is 12.3 Å². The SMILES string of the molecule is CN=c1ncc2cc(-c3ccc(C(=O)Nc4cc(C(F)(F)F)ccn4)cc3C)c3n(c-2n1)CCN3.O=CO. The van der Waals surface area contributed by atoms with Gasteiger partial charge in [-0.25, -0.2) is 9.97 Å². The number of carboxylic acid groups (broad SMARTS) is 1.